The summed E-state index contributed by atoms with van der Waals surface area (Å²) in [5.74, 6) is -0.691. The van der Waals surface area contributed by atoms with E-state index in [1.165, 1.54) is 0 Å². The predicted octanol–water partition coefficient (Wildman–Crippen LogP) is -0.466. The molecule has 100 valence electrons. The molecule has 1 saturated heterocycles. The van der Waals surface area contributed by atoms with Gasteiger partial charge in [0.05, 0.1) is 12.1 Å². The number of nitrogens with two attached hydrogens (primary N) is 1. The third-order valence-corrected chi connectivity index (χ3v) is 2.67. The third kappa shape index (κ3) is 3.83. The molecule has 1 unspecified atom stereocenters. The number of carbonyl (C=O) groups excluding carboxylic acids is 1. The molecule has 0 spiro atoms. The van der Waals surface area contributed by atoms with Crippen LogP contribution in [0.5, 0.6) is 0 Å². The zero-order valence-electron chi connectivity index (χ0n) is 9.09. The summed E-state index contributed by atoms with van der Waals surface area (Å²) in [6.07, 6.45) is -6.82. The van der Waals surface area contributed by atoms with Crippen molar-refractivity contribution < 1.29 is 27.8 Å². The van der Waals surface area contributed by atoms with Crippen LogP contribution in [0.1, 0.15) is 12.8 Å². The zero-order chi connectivity index (χ0) is 13.1. The van der Waals surface area contributed by atoms with Gasteiger partial charge in [0.25, 0.3) is 0 Å². The van der Waals surface area contributed by atoms with Crippen molar-refractivity contribution in [2.45, 2.75) is 30.7 Å². The molecular formula is C9H15F3N2O3. The summed E-state index contributed by atoms with van der Waals surface area (Å²) in [4.78, 5) is 11.6. The maximum absolute atomic E-state index is 12.0. The van der Waals surface area contributed by atoms with E-state index in [2.05, 4.69) is 0 Å². The number of hydrogen-bond donors (Lipinski definition) is 3. The van der Waals surface area contributed by atoms with Gasteiger partial charge in [-0.2, -0.15) is 13.2 Å². The fourth-order valence-corrected chi connectivity index (χ4v) is 1.44. The quantitative estimate of drug-likeness (QED) is 0.637. The molecule has 1 heterocycles. The topological polar surface area (TPSA) is 84.6 Å². The van der Waals surface area contributed by atoms with Crippen LogP contribution < -0.4 is 11.1 Å². The van der Waals surface area contributed by atoms with Crippen molar-refractivity contribution in [3.63, 3.8) is 0 Å². The molecule has 17 heavy (non-hydrogen) atoms. The van der Waals surface area contributed by atoms with E-state index < -0.39 is 30.3 Å². The molecule has 1 fully saturated rings. The third-order valence-electron chi connectivity index (χ3n) is 2.67. The molecule has 1 rings (SSSR count). The molecular weight excluding hydrogens is 241 g/mol. The second-order valence-electron chi connectivity index (χ2n) is 4.04. The normalized spacial score (nSPS) is 21.9. The van der Waals surface area contributed by atoms with E-state index in [4.69, 9.17) is 15.6 Å². The Bertz CT molecular complexity index is 277. The lowest BCUT2D eigenvalue weighted by atomic mass is 9.90. The van der Waals surface area contributed by atoms with Crippen molar-refractivity contribution in [2.24, 2.45) is 5.73 Å². The van der Waals surface area contributed by atoms with Gasteiger partial charge in [-0.3, -0.25) is 4.79 Å². The van der Waals surface area contributed by atoms with Crippen LogP contribution in [-0.4, -0.2) is 48.6 Å². The van der Waals surface area contributed by atoms with E-state index in [0.29, 0.717) is 13.2 Å². The number of amides is 1. The first kappa shape index (κ1) is 14.2. The van der Waals surface area contributed by atoms with E-state index in [-0.39, 0.29) is 12.8 Å². The van der Waals surface area contributed by atoms with Crippen LogP contribution in [0, 0.1) is 0 Å². The van der Waals surface area contributed by atoms with Crippen LogP contribution in [0.2, 0.25) is 0 Å². The Labute approximate surface area is 96.1 Å². The van der Waals surface area contributed by atoms with Crippen LogP contribution in [0.25, 0.3) is 0 Å². The summed E-state index contributed by atoms with van der Waals surface area (Å²) in [5.41, 5.74) is 4.54. The maximum Gasteiger partial charge on any atom is 0.416 e. The van der Waals surface area contributed by atoms with E-state index in [9.17, 15) is 18.0 Å². The monoisotopic (exact) mass is 256 g/mol. The molecule has 1 aliphatic heterocycles. The lowest BCUT2D eigenvalue weighted by molar-refractivity contribution is -0.202. The lowest BCUT2D eigenvalue weighted by Crippen LogP contribution is -2.58. The maximum atomic E-state index is 12.0. The van der Waals surface area contributed by atoms with Gasteiger partial charge in [-0.1, -0.05) is 0 Å². The number of alkyl halides is 3. The number of carbonyl (C=O) groups is 1. The zero-order valence-corrected chi connectivity index (χ0v) is 9.09. The number of aliphatic hydroxyl groups is 1. The Balaban J connectivity index is 2.44. The second kappa shape index (κ2) is 5.19. The van der Waals surface area contributed by atoms with E-state index in [1.807, 2.05) is 5.32 Å². The minimum atomic E-state index is -4.75. The van der Waals surface area contributed by atoms with Crippen LogP contribution >= 0.6 is 0 Å². The molecule has 0 radical (unpaired) electrons. The minimum Gasteiger partial charge on any atom is -0.382 e. The van der Waals surface area contributed by atoms with Gasteiger partial charge < -0.3 is 20.9 Å². The van der Waals surface area contributed by atoms with Crippen molar-refractivity contribution in [3.05, 3.63) is 0 Å². The number of aliphatic hydroxyl groups excluding tert-OH is 1. The SMILES string of the molecule is NC1(C(=O)NCC(O)C(F)(F)F)CCOCC1. The molecule has 0 saturated carbocycles. The van der Waals surface area contributed by atoms with E-state index in [0.717, 1.165) is 0 Å². The van der Waals surface area contributed by atoms with Crippen molar-refractivity contribution in [2.75, 3.05) is 19.8 Å². The molecule has 0 aliphatic carbocycles. The fraction of sp³-hybridized carbons (Fsp3) is 0.889. The Morgan fingerprint density at radius 1 is 1.47 bits per heavy atom. The number of hydrogen-bond acceptors (Lipinski definition) is 4. The summed E-state index contributed by atoms with van der Waals surface area (Å²) in [7, 11) is 0. The van der Waals surface area contributed by atoms with Gasteiger partial charge in [0.15, 0.2) is 6.10 Å². The molecule has 8 heteroatoms. The lowest BCUT2D eigenvalue weighted by Gasteiger charge is -2.32. The van der Waals surface area contributed by atoms with Crippen molar-refractivity contribution in [1.29, 1.82) is 0 Å². The summed E-state index contributed by atoms with van der Waals surface area (Å²) >= 11 is 0. The molecule has 0 aromatic rings. The van der Waals surface area contributed by atoms with Crippen molar-refractivity contribution in [1.82, 2.24) is 5.32 Å². The molecule has 1 atom stereocenters. The fourth-order valence-electron chi connectivity index (χ4n) is 1.44. The average Bonchev–Trinajstić information content (AvgIpc) is 2.25. The Kier molecular flexibility index (Phi) is 4.34. The molecule has 1 amide bonds. The van der Waals surface area contributed by atoms with Gasteiger partial charge in [0.1, 0.15) is 0 Å². The van der Waals surface area contributed by atoms with Gasteiger partial charge in [0, 0.05) is 13.2 Å². The number of rotatable bonds is 3. The highest BCUT2D eigenvalue weighted by Gasteiger charge is 2.40. The van der Waals surface area contributed by atoms with Gasteiger partial charge in [-0.05, 0) is 12.8 Å². The minimum absolute atomic E-state index is 0.251. The smallest absolute Gasteiger partial charge is 0.382 e. The Morgan fingerprint density at radius 2 is 2.00 bits per heavy atom. The summed E-state index contributed by atoms with van der Waals surface area (Å²) in [5, 5.41) is 10.7. The van der Waals surface area contributed by atoms with Gasteiger partial charge in [-0.15, -0.1) is 0 Å². The summed E-state index contributed by atoms with van der Waals surface area (Å²) in [6, 6.07) is 0. The molecule has 0 aromatic heterocycles. The van der Waals surface area contributed by atoms with Crippen LogP contribution in [0.15, 0.2) is 0 Å². The molecule has 4 N–H and O–H groups in total. The number of nitrogens with one attached hydrogen (secondary N) is 1. The van der Waals surface area contributed by atoms with Crippen LogP contribution in [0.3, 0.4) is 0 Å². The van der Waals surface area contributed by atoms with Gasteiger partial charge in [-0.25, -0.2) is 0 Å². The molecule has 0 bridgehead atoms. The van der Waals surface area contributed by atoms with Gasteiger partial charge >= 0.3 is 6.18 Å². The summed E-state index contributed by atoms with van der Waals surface area (Å²) < 4.78 is 41.0. The largest absolute Gasteiger partial charge is 0.416 e. The first-order valence-electron chi connectivity index (χ1n) is 5.15. The molecule has 0 aromatic carbocycles. The first-order chi connectivity index (χ1) is 7.76. The van der Waals surface area contributed by atoms with E-state index in [1.54, 1.807) is 0 Å². The van der Waals surface area contributed by atoms with Crippen LogP contribution in [0.4, 0.5) is 13.2 Å². The first-order valence-corrected chi connectivity index (χ1v) is 5.15. The highest BCUT2D eigenvalue weighted by atomic mass is 19.4. The van der Waals surface area contributed by atoms with Crippen LogP contribution in [-0.2, 0) is 9.53 Å². The average molecular weight is 256 g/mol. The van der Waals surface area contributed by atoms with Crippen molar-refractivity contribution in [3.8, 4) is 0 Å². The van der Waals surface area contributed by atoms with Crippen molar-refractivity contribution >= 4 is 5.91 Å². The predicted molar refractivity (Wildman–Crippen MR) is 52.0 cm³/mol. The Hall–Kier alpha value is -0.860. The van der Waals surface area contributed by atoms with Gasteiger partial charge in [0.2, 0.25) is 5.91 Å². The summed E-state index contributed by atoms with van der Waals surface area (Å²) in [6.45, 7) is -0.292. The number of halogens is 3. The molecule has 5 nitrogen and oxygen atoms in total. The standard InChI is InChI=1S/C9H15F3N2O3/c10-9(11,12)6(15)5-14-7(16)8(13)1-3-17-4-2-8/h6,15H,1-5,13H2,(H,14,16). The highest BCUT2D eigenvalue weighted by molar-refractivity contribution is 5.86. The molecule has 1 aliphatic rings. The number of ether oxygens (including phenoxy) is 1. The second-order valence-corrected chi connectivity index (χ2v) is 4.04. The van der Waals surface area contributed by atoms with E-state index >= 15 is 0 Å². The Morgan fingerprint density at radius 3 is 2.47 bits per heavy atom. The highest BCUT2D eigenvalue weighted by Crippen LogP contribution is 2.20.